The Morgan fingerprint density at radius 3 is 2.88 bits per heavy atom. The van der Waals surface area contributed by atoms with Gasteiger partial charge in [-0.25, -0.2) is 4.98 Å². The van der Waals surface area contributed by atoms with E-state index in [0.717, 1.165) is 5.56 Å². The van der Waals surface area contributed by atoms with Crippen molar-refractivity contribution >= 4 is 17.5 Å². The van der Waals surface area contributed by atoms with Crippen molar-refractivity contribution in [3.63, 3.8) is 0 Å². The Kier molecular flexibility index (Phi) is 3.35. The molecule has 0 bridgehead atoms. The van der Waals surface area contributed by atoms with Gasteiger partial charge in [0, 0.05) is 18.8 Å². The summed E-state index contributed by atoms with van der Waals surface area (Å²) in [5.41, 5.74) is 1.87. The molecule has 17 heavy (non-hydrogen) atoms. The summed E-state index contributed by atoms with van der Waals surface area (Å²) in [5, 5.41) is 2.94. The van der Waals surface area contributed by atoms with Crippen molar-refractivity contribution in [2.45, 2.75) is 0 Å². The minimum Gasteiger partial charge on any atom is -0.354 e. The highest BCUT2D eigenvalue weighted by Crippen LogP contribution is 2.18. The first-order valence-electron chi connectivity index (χ1n) is 5.02. The molecule has 2 rings (SSSR count). The molecule has 2 aromatic heterocycles. The van der Waals surface area contributed by atoms with Crippen molar-refractivity contribution in [3.05, 3.63) is 47.4 Å². The second-order valence-corrected chi connectivity index (χ2v) is 3.74. The van der Waals surface area contributed by atoms with E-state index in [1.54, 1.807) is 31.4 Å². The van der Waals surface area contributed by atoms with E-state index in [4.69, 9.17) is 11.6 Å². The molecule has 2 aromatic rings. The topological polar surface area (TPSA) is 54.9 Å². The van der Waals surface area contributed by atoms with E-state index in [-0.39, 0.29) is 5.91 Å². The summed E-state index contributed by atoms with van der Waals surface area (Å²) in [6.07, 6.45) is 1.57. The average molecular weight is 248 g/mol. The number of carbonyl (C=O) groups is 1. The number of pyridine rings is 2. The van der Waals surface area contributed by atoms with Gasteiger partial charge in [-0.2, -0.15) is 0 Å². The molecule has 4 nitrogen and oxygen atoms in total. The molecular weight excluding hydrogens is 238 g/mol. The van der Waals surface area contributed by atoms with E-state index in [0.29, 0.717) is 16.5 Å². The van der Waals surface area contributed by atoms with Crippen molar-refractivity contribution in [2.24, 2.45) is 0 Å². The smallest absolute Gasteiger partial charge is 0.269 e. The summed E-state index contributed by atoms with van der Waals surface area (Å²) >= 11 is 5.82. The fourth-order valence-corrected chi connectivity index (χ4v) is 1.57. The standard InChI is InChI=1S/C12H10ClN3O/c1-14-12(17)10-7-8(5-6-15-10)9-3-2-4-11(13)16-9/h2-7H,1H3,(H,14,17). The van der Waals surface area contributed by atoms with Crippen molar-refractivity contribution in [3.8, 4) is 11.3 Å². The van der Waals surface area contributed by atoms with Crippen molar-refractivity contribution in [1.29, 1.82) is 0 Å². The van der Waals surface area contributed by atoms with E-state index in [2.05, 4.69) is 15.3 Å². The van der Waals surface area contributed by atoms with Crippen LogP contribution in [0.1, 0.15) is 10.5 Å². The molecule has 0 radical (unpaired) electrons. The lowest BCUT2D eigenvalue weighted by Gasteiger charge is -2.03. The lowest BCUT2D eigenvalue weighted by molar-refractivity contribution is 0.0958. The molecule has 0 spiro atoms. The number of nitrogens with one attached hydrogen (secondary N) is 1. The van der Waals surface area contributed by atoms with Crippen LogP contribution in [0.3, 0.4) is 0 Å². The summed E-state index contributed by atoms with van der Waals surface area (Å²) in [4.78, 5) is 19.6. The first kappa shape index (κ1) is 11.5. The molecule has 0 atom stereocenters. The maximum absolute atomic E-state index is 11.4. The SMILES string of the molecule is CNC(=O)c1cc(-c2cccc(Cl)n2)ccn1. The van der Waals surface area contributed by atoms with Gasteiger partial charge < -0.3 is 5.32 Å². The van der Waals surface area contributed by atoms with E-state index in [1.165, 1.54) is 0 Å². The van der Waals surface area contributed by atoms with E-state index in [1.807, 2.05) is 12.1 Å². The van der Waals surface area contributed by atoms with Gasteiger partial charge in [-0.05, 0) is 24.3 Å². The summed E-state index contributed by atoms with van der Waals surface area (Å²) in [7, 11) is 1.56. The van der Waals surface area contributed by atoms with Gasteiger partial charge in [-0.3, -0.25) is 9.78 Å². The average Bonchev–Trinajstić information content (AvgIpc) is 2.38. The predicted molar refractivity (Wildman–Crippen MR) is 65.9 cm³/mol. The molecule has 0 saturated heterocycles. The number of hydrogen-bond acceptors (Lipinski definition) is 3. The minimum absolute atomic E-state index is 0.228. The van der Waals surface area contributed by atoms with Gasteiger partial charge >= 0.3 is 0 Å². The molecule has 86 valence electrons. The third kappa shape index (κ3) is 2.60. The third-order valence-electron chi connectivity index (χ3n) is 2.23. The third-order valence-corrected chi connectivity index (χ3v) is 2.44. The van der Waals surface area contributed by atoms with Crippen LogP contribution in [0.5, 0.6) is 0 Å². The normalized spacial score (nSPS) is 10.0. The first-order valence-corrected chi connectivity index (χ1v) is 5.39. The van der Waals surface area contributed by atoms with Gasteiger partial charge in [-0.15, -0.1) is 0 Å². The molecule has 0 aliphatic carbocycles. The molecular formula is C12H10ClN3O. The van der Waals surface area contributed by atoms with Crippen LogP contribution in [-0.4, -0.2) is 22.9 Å². The molecule has 1 N–H and O–H groups in total. The van der Waals surface area contributed by atoms with Crippen LogP contribution in [0.2, 0.25) is 5.15 Å². The van der Waals surface area contributed by atoms with Crippen molar-refractivity contribution in [1.82, 2.24) is 15.3 Å². The first-order chi connectivity index (χ1) is 8.20. The van der Waals surface area contributed by atoms with Crippen molar-refractivity contribution in [2.75, 3.05) is 7.05 Å². The molecule has 0 aliphatic heterocycles. The fraction of sp³-hybridized carbons (Fsp3) is 0.0833. The summed E-state index contributed by atoms with van der Waals surface area (Å²) in [6, 6.07) is 8.80. The van der Waals surface area contributed by atoms with Crippen LogP contribution in [0, 0.1) is 0 Å². The van der Waals surface area contributed by atoms with E-state index >= 15 is 0 Å². The lowest BCUT2D eigenvalue weighted by Crippen LogP contribution is -2.19. The van der Waals surface area contributed by atoms with Crippen LogP contribution < -0.4 is 5.32 Å². The van der Waals surface area contributed by atoms with Gasteiger partial charge in [0.2, 0.25) is 0 Å². The van der Waals surface area contributed by atoms with Crippen LogP contribution in [0.15, 0.2) is 36.5 Å². The summed E-state index contributed by atoms with van der Waals surface area (Å²) in [5.74, 6) is -0.228. The van der Waals surface area contributed by atoms with Gasteiger partial charge in [0.05, 0.1) is 5.69 Å². The van der Waals surface area contributed by atoms with Crippen molar-refractivity contribution < 1.29 is 4.79 Å². The number of halogens is 1. The molecule has 1 amide bonds. The second-order valence-electron chi connectivity index (χ2n) is 3.35. The Balaban J connectivity index is 2.43. The second kappa shape index (κ2) is 4.93. The Morgan fingerprint density at radius 1 is 1.35 bits per heavy atom. The Morgan fingerprint density at radius 2 is 2.18 bits per heavy atom. The van der Waals surface area contributed by atoms with Gasteiger partial charge in [0.15, 0.2) is 0 Å². The van der Waals surface area contributed by atoms with Gasteiger partial charge in [0.25, 0.3) is 5.91 Å². The quantitative estimate of drug-likeness (QED) is 0.828. The Bertz CT molecular complexity index is 557. The summed E-state index contributed by atoms with van der Waals surface area (Å²) < 4.78 is 0. The minimum atomic E-state index is -0.228. The molecule has 0 saturated carbocycles. The molecule has 0 aliphatic rings. The number of amides is 1. The molecule has 0 fully saturated rings. The monoisotopic (exact) mass is 247 g/mol. The lowest BCUT2D eigenvalue weighted by atomic mass is 10.1. The van der Waals surface area contributed by atoms with E-state index < -0.39 is 0 Å². The predicted octanol–water partition coefficient (Wildman–Crippen LogP) is 2.16. The number of nitrogens with zero attached hydrogens (tertiary/aromatic N) is 2. The zero-order valence-corrected chi connectivity index (χ0v) is 9.90. The number of rotatable bonds is 2. The highest BCUT2D eigenvalue weighted by atomic mass is 35.5. The molecule has 0 aromatic carbocycles. The molecule has 2 heterocycles. The maximum atomic E-state index is 11.4. The van der Waals surface area contributed by atoms with Gasteiger partial charge in [0.1, 0.15) is 10.8 Å². The fourth-order valence-electron chi connectivity index (χ4n) is 1.41. The number of carbonyl (C=O) groups excluding carboxylic acids is 1. The molecule has 0 unspecified atom stereocenters. The van der Waals surface area contributed by atoms with Crippen LogP contribution in [0.4, 0.5) is 0 Å². The molecule has 5 heteroatoms. The zero-order valence-electron chi connectivity index (χ0n) is 9.14. The van der Waals surface area contributed by atoms with Gasteiger partial charge in [-0.1, -0.05) is 17.7 Å². The zero-order chi connectivity index (χ0) is 12.3. The number of hydrogen-bond donors (Lipinski definition) is 1. The Hall–Kier alpha value is -1.94. The van der Waals surface area contributed by atoms with Crippen LogP contribution in [-0.2, 0) is 0 Å². The maximum Gasteiger partial charge on any atom is 0.269 e. The van der Waals surface area contributed by atoms with E-state index in [9.17, 15) is 4.79 Å². The largest absolute Gasteiger partial charge is 0.354 e. The number of aromatic nitrogens is 2. The Labute approximate surface area is 104 Å². The summed E-state index contributed by atoms with van der Waals surface area (Å²) in [6.45, 7) is 0. The van der Waals surface area contributed by atoms with Crippen LogP contribution in [0.25, 0.3) is 11.3 Å². The highest BCUT2D eigenvalue weighted by Gasteiger charge is 2.07. The highest BCUT2D eigenvalue weighted by molar-refractivity contribution is 6.29. The van der Waals surface area contributed by atoms with Crippen LogP contribution >= 0.6 is 11.6 Å².